The Bertz CT molecular complexity index is 364. The van der Waals surface area contributed by atoms with Crippen LogP contribution in [0.3, 0.4) is 0 Å². The van der Waals surface area contributed by atoms with E-state index in [4.69, 9.17) is 11.6 Å². The van der Waals surface area contributed by atoms with Gasteiger partial charge in [-0.15, -0.1) is 11.6 Å². The van der Waals surface area contributed by atoms with Crippen LogP contribution in [-0.4, -0.2) is 23.4 Å². The fourth-order valence-electron chi connectivity index (χ4n) is 3.44. The van der Waals surface area contributed by atoms with Gasteiger partial charge in [-0.3, -0.25) is 4.90 Å². The molecule has 17 heavy (non-hydrogen) atoms. The highest BCUT2D eigenvalue weighted by Crippen LogP contribution is 2.38. The van der Waals surface area contributed by atoms with Crippen molar-refractivity contribution >= 4 is 11.6 Å². The number of rotatable bonds is 2. The molecule has 1 nitrogen and oxygen atoms in total. The minimum absolute atomic E-state index is 0.438. The van der Waals surface area contributed by atoms with Crippen molar-refractivity contribution in [2.24, 2.45) is 11.8 Å². The third-order valence-electron chi connectivity index (χ3n) is 4.31. The smallest absolute Gasteiger partial charge is 0.0339 e. The molecule has 0 spiro atoms. The summed E-state index contributed by atoms with van der Waals surface area (Å²) < 4.78 is 0. The van der Waals surface area contributed by atoms with E-state index in [0.29, 0.717) is 5.38 Å². The molecule has 1 saturated heterocycles. The monoisotopic (exact) mass is 249 g/mol. The molecule has 1 aromatic rings. The first-order valence-electron chi connectivity index (χ1n) is 6.71. The Morgan fingerprint density at radius 3 is 2.65 bits per heavy atom. The summed E-state index contributed by atoms with van der Waals surface area (Å²) in [5, 5.41) is 0.438. The number of fused-ring (bicyclic) bond motifs is 1. The number of nitrogens with zero attached hydrogens (tertiary/aromatic N) is 1. The summed E-state index contributed by atoms with van der Waals surface area (Å²) >= 11 is 6.27. The van der Waals surface area contributed by atoms with E-state index in [1.54, 1.807) is 0 Å². The maximum Gasteiger partial charge on any atom is 0.0339 e. The molecule has 2 aliphatic rings. The maximum atomic E-state index is 6.27. The second kappa shape index (κ2) is 4.99. The van der Waals surface area contributed by atoms with Gasteiger partial charge in [0.15, 0.2) is 0 Å². The average molecular weight is 250 g/mol. The second-order valence-corrected chi connectivity index (χ2v) is 6.23. The van der Waals surface area contributed by atoms with E-state index < -0.39 is 0 Å². The van der Waals surface area contributed by atoms with Crippen molar-refractivity contribution < 1.29 is 0 Å². The lowest BCUT2D eigenvalue weighted by molar-refractivity contribution is 0.304. The van der Waals surface area contributed by atoms with Gasteiger partial charge in [0.1, 0.15) is 0 Å². The van der Waals surface area contributed by atoms with Crippen molar-refractivity contribution in [2.45, 2.75) is 31.2 Å². The molecule has 2 fully saturated rings. The van der Waals surface area contributed by atoms with Crippen molar-refractivity contribution in [3.63, 3.8) is 0 Å². The summed E-state index contributed by atoms with van der Waals surface area (Å²) in [6.45, 7) is 3.65. The van der Waals surface area contributed by atoms with Crippen LogP contribution in [0.2, 0.25) is 0 Å². The van der Waals surface area contributed by atoms with Crippen LogP contribution in [0.15, 0.2) is 30.3 Å². The minimum atomic E-state index is 0.438. The Balaban J connectivity index is 1.60. The van der Waals surface area contributed by atoms with Gasteiger partial charge in [-0.1, -0.05) is 30.3 Å². The molecule has 2 heteroatoms. The Hall–Kier alpha value is -0.530. The predicted octanol–water partition coefficient (Wildman–Crippen LogP) is 3.53. The molecule has 0 aromatic heterocycles. The van der Waals surface area contributed by atoms with Crippen LogP contribution < -0.4 is 0 Å². The highest BCUT2D eigenvalue weighted by molar-refractivity contribution is 6.20. The lowest BCUT2D eigenvalue weighted by Gasteiger charge is -2.27. The average Bonchev–Trinajstić information content (AvgIpc) is 2.71. The molecule has 1 aliphatic heterocycles. The van der Waals surface area contributed by atoms with E-state index in [9.17, 15) is 0 Å². The van der Waals surface area contributed by atoms with Crippen molar-refractivity contribution in [1.82, 2.24) is 4.90 Å². The normalized spacial score (nSPS) is 33.6. The number of alkyl halides is 1. The number of likely N-dealkylation sites (tertiary alicyclic amines) is 1. The fourth-order valence-corrected chi connectivity index (χ4v) is 3.80. The minimum Gasteiger partial charge on any atom is -0.299 e. The van der Waals surface area contributed by atoms with E-state index >= 15 is 0 Å². The number of hydrogen-bond donors (Lipinski definition) is 0. The zero-order valence-electron chi connectivity index (χ0n) is 10.2. The zero-order chi connectivity index (χ0) is 11.7. The molecular formula is C15H20ClN. The third-order valence-corrected chi connectivity index (χ3v) is 4.71. The molecule has 1 aromatic carbocycles. The molecule has 0 radical (unpaired) electrons. The summed E-state index contributed by atoms with van der Waals surface area (Å²) in [6, 6.07) is 10.8. The predicted molar refractivity (Wildman–Crippen MR) is 72.2 cm³/mol. The SMILES string of the molecule is ClC1CCC2CN(Cc3ccccc3)CC2C1. The van der Waals surface area contributed by atoms with Gasteiger partial charge >= 0.3 is 0 Å². The molecular weight excluding hydrogens is 230 g/mol. The van der Waals surface area contributed by atoms with Crippen molar-refractivity contribution in [3.8, 4) is 0 Å². The van der Waals surface area contributed by atoms with Gasteiger partial charge in [-0.05, 0) is 36.7 Å². The van der Waals surface area contributed by atoms with Crippen molar-refractivity contribution in [3.05, 3.63) is 35.9 Å². The van der Waals surface area contributed by atoms with E-state index in [1.807, 2.05) is 0 Å². The molecule has 0 amide bonds. The van der Waals surface area contributed by atoms with Crippen LogP contribution >= 0.6 is 11.6 Å². The summed E-state index contributed by atoms with van der Waals surface area (Å²) in [6.07, 6.45) is 3.80. The fraction of sp³-hybridized carbons (Fsp3) is 0.600. The Morgan fingerprint density at radius 2 is 1.82 bits per heavy atom. The molecule has 3 unspecified atom stereocenters. The zero-order valence-corrected chi connectivity index (χ0v) is 10.9. The molecule has 3 atom stereocenters. The largest absolute Gasteiger partial charge is 0.299 e. The van der Waals surface area contributed by atoms with Crippen LogP contribution in [0, 0.1) is 11.8 Å². The number of hydrogen-bond acceptors (Lipinski definition) is 1. The lowest BCUT2D eigenvalue weighted by atomic mass is 9.82. The standard InChI is InChI=1S/C15H20ClN/c16-15-7-6-13-10-17(11-14(13)8-15)9-12-4-2-1-3-5-12/h1-5,13-15H,6-11H2. The Labute approximate surface area is 109 Å². The van der Waals surface area contributed by atoms with Gasteiger partial charge in [0.25, 0.3) is 0 Å². The van der Waals surface area contributed by atoms with Gasteiger partial charge in [-0.25, -0.2) is 0 Å². The number of benzene rings is 1. The Morgan fingerprint density at radius 1 is 1.06 bits per heavy atom. The second-order valence-electron chi connectivity index (χ2n) is 5.61. The van der Waals surface area contributed by atoms with Gasteiger partial charge in [-0.2, -0.15) is 0 Å². The van der Waals surface area contributed by atoms with Crippen LogP contribution in [0.25, 0.3) is 0 Å². The third kappa shape index (κ3) is 2.66. The highest BCUT2D eigenvalue weighted by Gasteiger charge is 2.36. The first-order valence-corrected chi connectivity index (χ1v) is 7.15. The van der Waals surface area contributed by atoms with E-state index in [0.717, 1.165) is 18.4 Å². The topological polar surface area (TPSA) is 3.24 Å². The molecule has 92 valence electrons. The summed E-state index contributed by atoms with van der Waals surface area (Å²) in [5.74, 6) is 1.77. The van der Waals surface area contributed by atoms with Crippen molar-refractivity contribution in [2.75, 3.05) is 13.1 Å². The van der Waals surface area contributed by atoms with Crippen LogP contribution in [0.5, 0.6) is 0 Å². The van der Waals surface area contributed by atoms with E-state index in [1.165, 1.54) is 37.9 Å². The number of halogens is 1. The van der Waals surface area contributed by atoms with E-state index in [2.05, 4.69) is 35.2 Å². The Kier molecular flexibility index (Phi) is 3.39. The quantitative estimate of drug-likeness (QED) is 0.725. The first kappa shape index (κ1) is 11.6. The lowest BCUT2D eigenvalue weighted by Crippen LogP contribution is -2.23. The van der Waals surface area contributed by atoms with Crippen molar-refractivity contribution in [1.29, 1.82) is 0 Å². The highest BCUT2D eigenvalue weighted by atomic mass is 35.5. The molecule has 1 aliphatic carbocycles. The molecule has 0 N–H and O–H groups in total. The van der Waals surface area contributed by atoms with E-state index in [-0.39, 0.29) is 0 Å². The van der Waals surface area contributed by atoms with Crippen LogP contribution in [0.4, 0.5) is 0 Å². The maximum absolute atomic E-state index is 6.27. The molecule has 0 bridgehead atoms. The molecule has 1 saturated carbocycles. The van der Waals surface area contributed by atoms with Gasteiger partial charge in [0.05, 0.1) is 0 Å². The van der Waals surface area contributed by atoms with Gasteiger partial charge in [0.2, 0.25) is 0 Å². The van der Waals surface area contributed by atoms with Crippen LogP contribution in [-0.2, 0) is 6.54 Å². The van der Waals surface area contributed by atoms with Gasteiger partial charge in [0, 0.05) is 25.0 Å². The summed E-state index contributed by atoms with van der Waals surface area (Å²) in [4.78, 5) is 2.61. The molecule has 1 heterocycles. The summed E-state index contributed by atoms with van der Waals surface area (Å²) in [5.41, 5.74) is 1.44. The van der Waals surface area contributed by atoms with Crippen LogP contribution in [0.1, 0.15) is 24.8 Å². The summed E-state index contributed by atoms with van der Waals surface area (Å²) in [7, 11) is 0. The molecule has 3 rings (SSSR count). The first-order chi connectivity index (χ1) is 8.31. The van der Waals surface area contributed by atoms with Gasteiger partial charge < -0.3 is 0 Å².